The van der Waals surface area contributed by atoms with E-state index < -0.39 is 0 Å². The molecule has 0 amide bonds. The first-order valence-corrected chi connectivity index (χ1v) is 9.89. The third-order valence-corrected chi connectivity index (χ3v) is 6.87. The normalized spacial score (nSPS) is 25.7. The van der Waals surface area contributed by atoms with Crippen LogP contribution < -0.4 is 4.90 Å². The Labute approximate surface area is 140 Å². The van der Waals surface area contributed by atoms with Crippen LogP contribution in [-0.2, 0) is 0 Å². The van der Waals surface area contributed by atoms with Gasteiger partial charge in [0.2, 0.25) is 0 Å². The highest BCUT2D eigenvalue weighted by Crippen LogP contribution is 2.46. The van der Waals surface area contributed by atoms with Crippen molar-refractivity contribution in [1.29, 1.82) is 0 Å². The van der Waals surface area contributed by atoms with Crippen LogP contribution >= 0.6 is 11.8 Å². The zero-order valence-corrected chi connectivity index (χ0v) is 15.1. The molecular formula is C19H30N2S. The fraction of sp³-hybridized carbons (Fsp3) is 0.684. The van der Waals surface area contributed by atoms with Crippen LogP contribution in [0.4, 0.5) is 5.69 Å². The molecular weight excluding hydrogens is 288 g/mol. The lowest BCUT2D eigenvalue weighted by atomic mass is 9.92. The molecule has 1 fully saturated rings. The Bertz CT molecular complexity index is 486. The molecule has 2 nitrogen and oxygen atoms in total. The Morgan fingerprint density at radius 1 is 1.18 bits per heavy atom. The van der Waals surface area contributed by atoms with Crippen LogP contribution in [0.5, 0.6) is 0 Å². The lowest BCUT2D eigenvalue weighted by Crippen LogP contribution is -2.52. The van der Waals surface area contributed by atoms with Crippen molar-refractivity contribution in [2.24, 2.45) is 0 Å². The number of fused-ring (bicyclic) bond motifs is 2. The average molecular weight is 319 g/mol. The number of rotatable bonds is 5. The number of anilines is 1. The molecule has 2 aliphatic rings. The molecule has 0 bridgehead atoms. The largest absolute Gasteiger partial charge is 0.365 e. The smallest absolute Gasteiger partial charge is 0.0507 e. The topological polar surface area (TPSA) is 6.48 Å². The van der Waals surface area contributed by atoms with Crippen LogP contribution in [0.1, 0.15) is 46.5 Å². The van der Waals surface area contributed by atoms with E-state index in [1.54, 1.807) is 0 Å². The Balaban J connectivity index is 1.85. The second kappa shape index (κ2) is 7.27. The maximum Gasteiger partial charge on any atom is 0.0507 e. The predicted molar refractivity (Wildman–Crippen MR) is 98.1 cm³/mol. The number of hydrogen-bond acceptors (Lipinski definition) is 3. The van der Waals surface area contributed by atoms with E-state index in [0.29, 0.717) is 6.04 Å². The molecule has 0 aromatic heterocycles. The first-order valence-electron chi connectivity index (χ1n) is 9.01. The molecule has 3 heteroatoms. The third kappa shape index (κ3) is 3.16. The van der Waals surface area contributed by atoms with Gasteiger partial charge in [0.15, 0.2) is 0 Å². The summed E-state index contributed by atoms with van der Waals surface area (Å²) in [4.78, 5) is 6.83. The lowest BCUT2D eigenvalue weighted by Gasteiger charge is -2.47. The van der Waals surface area contributed by atoms with Gasteiger partial charge in [-0.3, -0.25) is 4.90 Å². The van der Waals surface area contributed by atoms with Crippen molar-refractivity contribution >= 4 is 17.4 Å². The zero-order chi connectivity index (χ0) is 15.5. The van der Waals surface area contributed by atoms with Crippen molar-refractivity contribution in [2.75, 3.05) is 24.5 Å². The lowest BCUT2D eigenvalue weighted by molar-refractivity contribution is 0.227. The van der Waals surface area contributed by atoms with Crippen LogP contribution in [0.25, 0.3) is 0 Å². The monoisotopic (exact) mass is 318 g/mol. The Hall–Kier alpha value is -0.670. The maximum atomic E-state index is 2.75. The zero-order valence-electron chi connectivity index (χ0n) is 14.3. The van der Waals surface area contributed by atoms with E-state index in [1.807, 2.05) is 0 Å². The van der Waals surface area contributed by atoms with Crippen LogP contribution in [-0.4, -0.2) is 41.9 Å². The van der Waals surface area contributed by atoms with Crippen molar-refractivity contribution < 1.29 is 0 Å². The van der Waals surface area contributed by atoms with Crippen molar-refractivity contribution in [2.45, 2.75) is 68.7 Å². The standard InChI is InChI=1S/C19H30N2S/c1-4-20(5-2)15(3)14-21-16-10-6-8-12-18(16)22-19-13-9-7-11-17(19)21/h6,8,10,12,15,17,19H,4-5,7,9,11,13-14H2,1-3H3. The minimum atomic E-state index is 0.619. The molecule has 0 radical (unpaired) electrons. The van der Waals surface area contributed by atoms with Gasteiger partial charge in [-0.15, -0.1) is 11.8 Å². The van der Waals surface area contributed by atoms with E-state index in [9.17, 15) is 0 Å². The molecule has 1 aliphatic carbocycles. The average Bonchev–Trinajstić information content (AvgIpc) is 2.55. The molecule has 1 aromatic carbocycles. The number of nitrogens with zero attached hydrogens (tertiary/aromatic N) is 2. The van der Waals surface area contributed by atoms with Crippen LogP contribution in [0.15, 0.2) is 29.2 Å². The van der Waals surface area contributed by atoms with Gasteiger partial charge in [0, 0.05) is 28.8 Å². The number of hydrogen-bond donors (Lipinski definition) is 0. The minimum absolute atomic E-state index is 0.619. The summed E-state index contributed by atoms with van der Waals surface area (Å²) in [6.07, 6.45) is 5.58. The molecule has 1 aromatic rings. The van der Waals surface area contributed by atoms with Gasteiger partial charge in [0.25, 0.3) is 0 Å². The summed E-state index contributed by atoms with van der Waals surface area (Å²) >= 11 is 2.14. The van der Waals surface area contributed by atoms with E-state index in [0.717, 1.165) is 24.4 Å². The maximum absolute atomic E-state index is 2.75. The molecule has 0 spiro atoms. The van der Waals surface area contributed by atoms with E-state index >= 15 is 0 Å². The van der Waals surface area contributed by atoms with Gasteiger partial charge in [-0.2, -0.15) is 0 Å². The van der Waals surface area contributed by atoms with E-state index in [2.05, 4.69) is 66.6 Å². The first kappa shape index (κ1) is 16.2. The Morgan fingerprint density at radius 3 is 2.68 bits per heavy atom. The highest BCUT2D eigenvalue weighted by atomic mass is 32.2. The highest BCUT2D eigenvalue weighted by molar-refractivity contribution is 8.00. The molecule has 1 aliphatic heterocycles. The van der Waals surface area contributed by atoms with Gasteiger partial charge in [-0.1, -0.05) is 38.8 Å². The highest BCUT2D eigenvalue weighted by Gasteiger charge is 2.37. The minimum Gasteiger partial charge on any atom is -0.365 e. The number of thioether (sulfide) groups is 1. The van der Waals surface area contributed by atoms with E-state index in [4.69, 9.17) is 0 Å². The molecule has 1 saturated carbocycles. The fourth-order valence-corrected chi connectivity index (χ4v) is 5.70. The molecule has 3 unspecified atom stereocenters. The van der Waals surface area contributed by atoms with Crippen LogP contribution in [0.3, 0.4) is 0 Å². The molecule has 0 saturated heterocycles. The van der Waals surface area contributed by atoms with Gasteiger partial charge in [-0.25, -0.2) is 0 Å². The van der Waals surface area contributed by atoms with Gasteiger partial charge in [-0.05, 0) is 45.0 Å². The van der Waals surface area contributed by atoms with Gasteiger partial charge in [0.1, 0.15) is 0 Å². The third-order valence-electron chi connectivity index (χ3n) is 5.42. The molecule has 3 atom stereocenters. The van der Waals surface area contributed by atoms with Crippen molar-refractivity contribution in [3.63, 3.8) is 0 Å². The van der Waals surface area contributed by atoms with Crippen LogP contribution in [0.2, 0.25) is 0 Å². The summed E-state index contributed by atoms with van der Waals surface area (Å²) in [6.45, 7) is 10.4. The SMILES string of the molecule is CCN(CC)C(C)CN1c2ccccc2SC2CCCCC21. The molecule has 1 heterocycles. The van der Waals surface area contributed by atoms with Gasteiger partial charge in [0.05, 0.1) is 5.69 Å². The van der Waals surface area contributed by atoms with Crippen molar-refractivity contribution in [3.05, 3.63) is 24.3 Å². The van der Waals surface area contributed by atoms with E-state index in [1.165, 1.54) is 42.8 Å². The van der Waals surface area contributed by atoms with Gasteiger partial charge < -0.3 is 4.90 Å². The summed E-state index contributed by atoms with van der Waals surface area (Å²) < 4.78 is 0. The number of benzene rings is 1. The number of para-hydroxylation sites is 1. The second-order valence-corrected chi connectivity index (χ2v) is 7.98. The Kier molecular flexibility index (Phi) is 5.35. The second-order valence-electron chi connectivity index (χ2n) is 6.70. The Morgan fingerprint density at radius 2 is 1.91 bits per heavy atom. The molecule has 3 rings (SSSR count). The molecule has 22 heavy (non-hydrogen) atoms. The van der Waals surface area contributed by atoms with E-state index in [-0.39, 0.29) is 0 Å². The summed E-state index contributed by atoms with van der Waals surface area (Å²) in [6, 6.07) is 10.4. The van der Waals surface area contributed by atoms with Crippen molar-refractivity contribution in [1.82, 2.24) is 4.90 Å². The summed E-state index contributed by atoms with van der Waals surface area (Å²) in [5.74, 6) is 0. The van der Waals surface area contributed by atoms with Crippen LogP contribution in [0, 0.1) is 0 Å². The quantitative estimate of drug-likeness (QED) is 0.781. The summed E-state index contributed by atoms with van der Waals surface area (Å²) in [5.41, 5.74) is 1.48. The summed E-state index contributed by atoms with van der Waals surface area (Å²) in [7, 11) is 0. The fourth-order valence-electron chi connectivity index (χ4n) is 4.19. The predicted octanol–water partition coefficient (Wildman–Crippen LogP) is 4.64. The van der Waals surface area contributed by atoms with Gasteiger partial charge >= 0.3 is 0 Å². The molecule has 122 valence electrons. The molecule has 0 N–H and O–H groups in total. The van der Waals surface area contributed by atoms with Crippen molar-refractivity contribution in [3.8, 4) is 0 Å². The summed E-state index contributed by atoms with van der Waals surface area (Å²) in [5, 5.41) is 0.799. The number of likely N-dealkylation sites (N-methyl/N-ethyl adjacent to an activating group) is 1. The first-order chi connectivity index (χ1) is 10.7.